The SMILES string of the molecule is C[C@H](O)[C@@H]1C(=O)N2C(C(=O)S)=C(CCF)S[C@H]12. The van der Waals surface area contributed by atoms with Crippen molar-refractivity contribution in [2.45, 2.75) is 24.8 Å². The van der Waals surface area contributed by atoms with Gasteiger partial charge in [-0.1, -0.05) is 12.6 Å². The number of amides is 1. The standard InChI is InChI=1S/C10H12FNO3S2/c1-4(13)6-8(14)12-7(10(15)16)5(2-3-11)17-9(6)12/h4,6,9,13H,2-3H2,1H3,(H,15,16)/t4-,6+,9+/m0/s1. The molecule has 0 aromatic carbocycles. The first-order chi connectivity index (χ1) is 7.99. The molecule has 2 rings (SSSR count). The zero-order valence-electron chi connectivity index (χ0n) is 9.09. The highest BCUT2D eigenvalue weighted by Gasteiger charge is 2.56. The average molecular weight is 277 g/mol. The van der Waals surface area contributed by atoms with Crippen LogP contribution in [0.2, 0.25) is 0 Å². The van der Waals surface area contributed by atoms with E-state index in [9.17, 15) is 19.1 Å². The van der Waals surface area contributed by atoms with Gasteiger partial charge in [0.05, 0.1) is 18.7 Å². The molecular weight excluding hydrogens is 265 g/mol. The van der Waals surface area contributed by atoms with Crippen LogP contribution < -0.4 is 0 Å². The lowest BCUT2D eigenvalue weighted by molar-refractivity contribution is -0.153. The van der Waals surface area contributed by atoms with E-state index >= 15 is 0 Å². The van der Waals surface area contributed by atoms with Crippen LogP contribution >= 0.6 is 24.4 Å². The topological polar surface area (TPSA) is 57.6 Å². The van der Waals surface area contributed by atoms with Gasteiger partial charge in [-0.15, -0.1) is 11.8 Å². The van der Waals surface area contributed by atoms with Crippen LogP contribution in [0.25, 0.3) is 0 Å². The van der Waals surface area contributed by atoms with Crippen molar-refractivity contribution < 1.29 is 19.1 Å². The van der Waals surface area contributed by atoms with E-state index in [1.807, 2.05) is 0 Å². The summed E-state index contributed by atoms with van der Waals surface area (Å²) in [7, 11) is 0. The van der Waals surface area contributed by atoms with Crippen molar-refractivity contribution in [1.29, 1.82) is 0 Å². The van der Waals surface area contributed by atoms with Crippen LogP contribution in [0.15, 0.2) is 10.6 Å². The second-order valence-electron chi connectivity index (χ2n) is 4.00. The lowest BCUT2D eigenvalue weighted by Crippen LogP contribution is -2.60. The predicted molar refractivity (Wildman–Crippen MR) is 65.0 cm³/mol. The molecule has 0 saturated carbocycles. The first-order valence-corrected chi connectivity index (χ1v) is 6.52. The minimum Gasteiger partial charge on any atom is -0.392 e. The summed E-state index contributed by atoms with van der Waals surface area (Å²) in [6.07, 6.45) is -0.656. The molecule has 0 radical (unpaired) electrons. The number of hydrogen-bond donors (Lipinski definition) is 2. The third kappa shape index (κ3) is 1.90. The third-order valence-electron chi connectivity index (χ3n) is 2.90. The Balaban J connectivity index is 2.26. The van der Waals surface area contributed by atoms with Crippen LogP contribution in [-0.2, 0) is 9.59 Å². The van der Waals surface area contributed by atoms with Crippen molar-refractivity contribution >= 4 is 35.4 Å². The largest absolute Gasteiger partial charge is 0.392 e. The first kappa shape index (κ1) is 12.9. The molecule has 94 valence electrons. The third-order valence-corrected chi connectivity index (χ3v) is 4.54. The van der Waals surface area contributed by atoms with Crippen LogP contribution in [0.4, 0.5) is 4.39 Å². The van der Waals surface area contributed by atoms with Gasteiger partial charge < -0.3 is 5.11 Å². The van der Waals surface area contributed by atoms with Crippen molar-refractivity contribution in [3.05, 3.63) is 10.6 Å². The number of hydrogen-bond acceptors (Lipinski definition) is 4. The van der Waals surface area contributed by atoms with E-state index in [1.54, 1.807) is 0 Å². The van der Waals surface area contributed by atoms with Crippen molar-refractivity contribution in [3.63, 3.8) is 0 Å². The number of carbonyl (C=O) groups excluding carboxylic acids is 2. The van der Waals surface area contributed by atoms with E-state index < -0.39 is 23.8 Å². The number of thioether (sulfide) groups is 1. The first-order valence-electron chi connectivity index (χ1n) is 5.19. The van der Waals surface area contributed by atoms with Gasteiger partial charge in [-0.3, -0.25) is 18.9 Å². The summed E-state index contributed by atoms with van der Waals surface area (Å²) in [5.74, 6) is -0.802. The summed E-state index contributed by atoms with van der Waals surface area (Å²) in [5, 5.41) is 8.66. The van der Waals surface area contributed by atoms with Crippen LogP contribution in [-0.4, -0.2) is 39.2 Å². The van der Waals surface area contributed by atoms with Gasteiger partial charge in [0.15, 0.2) is 0 Å². The molecule has 1 N–H and O–H groups in total. The summed E-state index contributed by atoms with van der Waals surface area (Å²) in [5.41, 5.74) is 0.183. The van der Waals surface area contributed by atoms with Crippen LogP contribution in [0, 0.1) is 5.92 Å². The fourth-order valence-electron chi connectivity index (χ4n) is 2.12. The van der Waals surface area contributed by atoms with Crippen molar-refractivity contribution in [2.24, 2.45) is 5.92 Å². The molecule has 1 saturated heterocycles. The number of β-lactam (4-membered cyclic amide) rings is 1. The Hall–Kier alpha value is -0.530. The molecule has 0 aromatic rings. The monoisotopic (exact) mass is 277 g/mol. The lowest BCUT2D eigenvalue weighted by Gasteiger charge is -2.43. The van der Waals surface area contributed by atoms with E-state index in [0.717, 1.165) is 0 Å². The van der Waals surface area contributed by atoms with Gasteiger partial charge in [-0.05, 0) is 6.92 Å². The van der Waals surface area contributed by atoms with Crippen molar-refractivity contribution in [1.82, 2.24) is 4.90 Å². The van der Waals surface area contributed by atoms with E-state index in [-0.39, 0.29) is 23.4 Å². The van der Waals surface area contributed by atoms with Crippen LogP contribution in [0.5, 0.6) is 0 Å². The summed E-state index contributed by atoms with van der Waals surface area (Å²) < 4.78 is 12.4. The maximum Gasteiger partial charge on any atom is 0.236 e. The number of thiol groups is 1. The van der Waals surface area contributed by atoms with E-state index in [2.05, 4.69) is 12.6 Å². The van der Waals surface area contributed by atoms with Gasteiger partial charge in [-0.2, -0.15) is 0 Å². The number of allylic oxidation sites excluding steroid dienone is 1. The van der Waals surface area contributed by atoms with E-state index in [0.29, 0.717) is 4.91 Å². The number of aliphatic hydroxyl groups is 1. The van der Waals surface area contributed by atoms with Gasteiger partial charge in [-0.25, -0.2) is 0 Å². The number of nitrogens with zero attached hydrogens (tertiary/aromatic N) is 1. The molecule has 0 bridgehead atoms. The normalized spacial score (nSPS) is 29.2. The number of carbonyl (C=O) groups is 2. The maximum absolute atomic E-state index is 12.4. The van der Waals surface area contributed by atoms with E-state index in [1.165, 1.54) is 23.6 Å². The predicted octanol–water partition coefficient (Wildman–Crippen LogP) is 0.926. The Labute approximate surface area is 108 Å². The minimum atomic E-state index is -0.766. The number of alkyl halides is 1. The van der Waals surface area contributed by atoms with Gasteiger partial charge in [0.25, 0.3) is 0 Å². The minimum absolute atomic E-state index is 0.110. The van der Waals surface area contributed by atoms with Gasteiger partial charge in [0.2, 0.25) is 11.0 Å². The van der Waals surface area contributed by atoms with Crippen molar-refractivity contribution in [3.8, 4) is 0 Å². The molecule has 2 heterocycles. The quantitative estimate of drug-likeness (QED) is 0.593. The Morgan fingerprint density at radius 1 is 1.71 bits per heavy atom. The molecule has 7 heteroatoms. The maximum atomic E-state index is 12.4. The molecule has 1 amide bonds. The number of halogens is 1. The van der Waals surface area contributed by atoms with E-state index in [4.69, 9.17) is 0 Å². The van der Waals surface area contributed by atoms with Gasteiger partial charge >= 0.3 is 0 Å². The highest BCUT2D eigenvalue weighted by Crippen LogP contribution is 2.51. The van der Waals surface area contributed by atoms with Crippen LogP contribution in [0.1, 0.15) is 13.3 Å². The summed E-state index contributed by atoms with van der Waals surface area (Å²) in [6.45, 7) is 0.955. The lowest BCUT2D eigenvalue weighted by atomic mass is 9.92. The molecule has 0 unspecified atom stereocenters. The Bertz CT molecular complexity index is 410. The molecule has 0 aromatic heterocycles. The Morgan fingerprint density at radius 3 is 2.82 bits per heavy atom. The van der Waals surface area contributed by atoms with Crippen LogP contribution in [0.3, 0.4) is 0 Å². The summed E-state index contributed by atoms with van der Waals surface area (Å²) >= 11 is 4.99. The molecule has 0 spiro atoms. The fraction of sp³-hybridized carbons (Fsp3) is 0.600. The molecule has 4 nitrogen and oxygen atoms in total. The average Bonchev–Trinajstić information content (AvgIpc) is 2.53. The molecule has 2 aliphatic heterocycles. The molecule has 0 aliphatic carbocycles. The Kier molecular flexibility index (Phi) is 3.51. The molecule has 1 fully saturated rings. The number of aliphatic hydroxyl groups excluding tert-OH is 1. The number of rotatable bonds is 4. The van der Waals surface area contributed by atoms with Crippen molar-refractivity contribution in [2.75, 3.05) is 6.67 Å². The zero-order chi connectivity index (χ0) is 12.7. The summed E-state index contributed by atoms with van der Waals surface area (Å²) in [6, 6.07) is 0. The molecule has 17 heavy (non-hydrogen) atoms. The van der Waals surface area contributed by atoms with Gasteiger partial charge in [0, 0.05) is 11.3 Å². The van der Waals surface area contributed by atoms with Gasteiger partial charge in [0.1, 0.15) is 11.1 Å². The number of fused-ring (bicyclic) bond motifs is 1. The second kappa shape index (κ2) is 4.62. The molecule has 3 atom stereocenters. The zero-order valence-corrected chi connectivity index (χ0v) is 10.8. The second-order valence-corrected chi connectivity index (χ2v) is 5.62. The highest BCUT2D eigenvalue weighted by atomic mass is 32.2. The molecular formula is C10H12FNO3S2. The highest BCUT2D eigenvalue weighted by molar-refractivity contribution is 8.04. The fourth-order valence-corrected chi connectivity index (χ4v) is 4.03. The smallest absolute Gasteiger partial charge is 0.236 e. The molecule has 2 aliphatic rings. The Morgan fingerprint density at radius 2 is 2.35 bits per heavy atom. The summed E-state index contributed by atoms with van der Waals surface area (Å²) in [4.78, 5) is 25.0.